The number of carbonyl (C=O) groups is 1. The average Bonchev–Trinajstić information content (AvgIpc) is 2.85. The first-order chi connectivity index (χ1) is 16.9. The third-order valence-corrected chi connectivity index (χ3v) is 6.86. The molecule has 0 bridgehead atoms. The van der Waals surface area contributed by atoms with E-state index >= 15 is 0 Å². The third kappa shape index (κ3) is 4.75. The molecule has 0 unspecified atom stereocenters. The summed E-state index contributed by atoms with van der Waals surface area (Å²) >= 11 is 4.62. The highest BCUT2D eigenvalue weighted by Gasteiger charge is 2.15. The van der Waals surface area contributed by atoms with Crippen molar-refractivity contribution in [2.75, 3.05) is 0 Å². The van der Waals surface area contributed by atoms with Crippen LogP contribution in [0.25, 0.3) is 16.6 Å². The number of hydrogen-bond donors (Lipinski definition) is 1. The maximum atomic E-state index is 13.4. The fourth-order valence-corrected chi connectivity index (χ4v) is 4.92. The van der Waals surface area contributed by atoms with Gasteiger partial charge in [-0.3, -0.25) is 18.6 Å². The summed E-state index contributed by atoms with van der Waals surface area (Å²) in [6, 6.07) is 18.8. The Morgan fingerprint density at radius 1 is 1.00 bits per heavy atom. The molecule has 2 aromatic carbocycles. The number of rotatable bonds is 6. The molecule has 35 heavy (non-hydrogen) atoms. The SMILES string of the molecule is O=C(O)c1ccc2c(=O)n(Cc3ccccc3)c(SCc3cc(=O)n4cc(Br)ccc4n3)nc2c1. The molecular formula is C25H17BrN4O4S. The van der Waals surface area contributed by atoms with Crippen molar-refractivity contribution in [2.24, 2.45) is 0 Å². The highest BCUT2D eigenvalue weighted by atomic mass is 79.9. The van der Waals surface area contributed by atoms with E-state index in [4.69, 9.17) is 0 Å². The third-order valence-electron chi connectivity index (χ3n) is 5.38. The lowest BCUT2D eigenvalue weighted by atomic mass is 10.1. The lowest BCUT2D eigenvalue weighted by Gasteiger charge is -2.14. The van der Waals surface area contributed by atoms with Gasteiger partial charge in [0.1, 0.15) is 5.65 Å². The first kappa shape index (κ1) is 23.0. The van der Waals surface area contributed by atoms with E-state index in [0.29, 0.717) is 39.7 Å². The summed E-state index contributed by atoms with van der Waals surface area (Å²) in [6.45, 7) is 0.299. The Hall–Kier alpha value is -3.76. The van der Waals surface area contributed by atoms with Crippen LogP contribution in [-0.4, -0.2) is 30.0 Å². The van der Waals surface area contributed by atoms with Crippen molar-refractivity contribution < 1.29 is 9.90 Å². The molecule has 5 rings (SSSR count). The number of carboxylic acid groups (broad SMARTS) is 1. The second-order valence-corrected chi connectivity index (χ2v) is 9.62. The van der Waals surface area contributed by atoms with Crippen LogP contribution in [0.15, 0.2) is 92.1 Å². The summed E-state index contributed by atoms with van der Waals surface area (Å²) in [5, 5.41) is 10.1. The summed E-state index contributed by atoms with van der Waals surface area (Å²) in [5.74, 6) is -0.795. The van der Waals surface area contributed by atoms with Crippen LogP contribution in [0, 0.1) is 0 Å². The Balaban J connectivity index is 1.57. The van der Waals surface area contributed by atoms with Crippen molar-refractivity contribution in [1.82, 2.24) is 18.9 Å². The molecule has 10 heteroatoms. The summed E-state index contributed by atoms with van der Waals surface area (Å²) in [5.41, 5.74) is 1.85. The second-order valence-electron chi connectivity index (χ2n) is 7.76. The standard InChI is InChI=1S/C25H17BrN4O4S/c26-17-7-9-21-27-18(11-22(31)29(21)13-17)14-35-25-28-20-10-16(24(33)34)6-8-19(20)23(32)30(25)12-15-4-2-1-3-5-15/h1-11,13H,12,14H2,(H,33,34). The molecule has 3 heterocycles. The Morgan fingerprint density at radius 2 is 1.80 bits per heavy atom. The predicted octanol–water partition coefficient (Wildman–Crippen LogP) is 4.21. The van der Waals surface area contributed by atoms with Crippen molar-refractivity contribution in [2.45, 2.75) is 17.5 Å². The lowest BCUT2D eigenvalue weighted by molar-refractivity contribution is 0.0697. The molecule has 3 aromatic heterocycles. The molecule has 0 spiro atoms. The summed E-state index contributed by atoms with van der Waals surface area (Å²) in [6.07, 6.45) is 1.66. The van der Waals surface area contributed by atoms with Gasteiger partial charge in [-0.2, -0.15) is 0 Å². The number of nitrogens with zero attached hydrogens (tertiary/aromatic N) is 4. The van der Waals surface area contributed by atoms with Crippen LogP contribution in [0.5, 0.6) is 0 Å². The number of thioether (sulfide) groups is 1. The van der Waals surface area contributed by atoms with Gasteiger partial charge >= 0.3 is 5.97 Å². The number of aromatic nitrogens is 4. The van der Waals surface area contributed by atoms with Gasteiger partial charge in [-0.25, -0.2) is 14.8 Å². The van der Waals surface area contributed by atoms with Gasteiger partial charge in [-0.05, 0) is 51.8 Å². The van der Waals surface area contributed by atoms with Crippen molar-refractivity contribution in [3.63, 3.8) is 0 Å². The van der Waals surface area contributed by atoms with Crippen molar-refractivity contribution in [3.8, 4) is 0 Å². The maximum absolute atomic E-state index is 13.4. The summed E-state index contributed by atoms with van der Waals surface area (Å²) in [4.78, 5) is 46.6. The first-order valence-electron chi connectivity index (χ1n) is 10.5. The molecule has 0 aliphatic carbocycles. The fraction of sp³-hybridized carbons (Fsp3) is 0.0800. The molecule has 0 atom stereocenters. The average molecular weight is 549 g/mol. The van der Waals surface area contributed by atoms with E-state index < -0.39 is 5.97 Å². The molecule has 0 radical (unpaired) electrons. The quantitative estimate of drug-likeness (QED) is 0.250. The van der Waals surface area contributed by atoms with Crippen LogP contribution in [0.3, 0.4) is 0 Å². The normalized spacial score (nSPS) is 11.2. The Kier molecular flexibility index (Phi) is 6.23. The van der Waals surface area contributed by atoms with Crippen LogP contribution >= 0.6 is 27.7 Å². The summed E-state index contributed by atoms with van der Waals surface area (Å²) < 4.78 is 3.78. The minimum Gasteiger partial charge on any atom is -0.478 e. The van der Waals surface area contributed by atoms with E-state index in [0.717, 1.165) is 10.0 Å². The molecule has 8 nitrogen and oxygen atoms in total. The molecule has 0 fully saturated rings. The largest absolute Gasteiger partial charge is 0.478 e. The number of carboxylic acids is 1. The van der Waals surface area contributed by atoms with E-state index in [1.165, 1.54) is 40.4 Å². The number of hydrogen-bond acceptors (Lipinski definition) is 6. The van der Waals surface area contributed by atoms with Gasteiger partial charge in [-0.15, -0.1) is 0 Å². The van der Waals surface area contributed by atoms with Crippen molar-refractivity contribution in [1.29, 1.82) is 0 Å². The zero-order valence-electron chi connectivity index (χ0n) is 18.1. The molecule has 0 aliphatic heterocycles. The minimum absolute atomic E-state index is 0.0523. The molecule has 1 N–H and O–H groups in total. The topological polar surface area (TPSA) is 107 Å². The smallest absolute Gasteiger partial charge is 0.335 e. The molecule has 0 aliphatic rings. The molecular weight excluding hydrogens is 532 g/mol. The predicted molar refractivity (Wildman–Crippen MR) is 137 cm³/mol. The number of fused-ring (bicyclic) bond motifs is 2. The van der Waals surface area contributed by atoms with Gasteiger partial charge in [0.15, 0.2) is 5.16 Å². The molecule has 5 aromatic rings. The zero-order valence-corrected chi connectivity index (χ0v) is 20.5. The lowest BCUT2D eigenvalue weighted by Crippen LogP contribution is -2.24. The van der Waals surface area contributed by atoms with Crippen LogP contribution in [0.1, 0.15) is 21.6 Å². The van der Waals surface area contributed by atoms with Gasteiger partial charge in [0.2, 0.25) is 0 Å². The van der Waals surface area contributed by atoms with E-state index in [-0.39, 0.29) is 16.7 Å². The van der Waals surface area contributed by atoms with Gasteiger partial charge in [-0.1, -0.05) is 42.1 Å². The van der Waals surface area contributed by atoms with Crippen molar-refractivity contribution >= 4 is 50.2 Å². The number of halogens is 1. The van der Waals surface area contributed by atoms with Crippen LogP contribution < -0.4 is 11.1 Å². The Morgan fingerprint density at radius 3 is 2.57 bits per heavy atom. The highest BCUT2D eigenvalue weighted by molar-refractivity contribution is 9.10. The molecule has 0 saturated carbocycles. The van der Waals surface area contributed by atoms with E-state index in [1.807, 2.05) is 30.3 Å². The molecule has 0 amide bonds. The van der Waals surface area contributed by atoms with E-state index in [1.54, 1.807) is 22.9 Å². The van der Waals surface area contributed by atoms with Crippen LogP contribution in [0.4, 0.5) is 0 Å². The summed E-state index contributed by atoms with van der Waals surface area (Å²) in [7, 11) is 0. The van der Waals surface area contributed by atoms with Gasteiger partial charge < -0.3 is 5.11 Å². The van der Waals surface area contributed by atoms with E-state index in [9.17, 15) is 19.5 Å². The van der Waals surface area contributed by atoms with Gasteiger partial charge in [0.05, 0.1) is 28.7 Å². The molecule has 174 valence electrons. The van der Waals surface area contributed by atoms with Crippen LogP contribution in [-0.2, 0) is 12.3 Å². The van der Waals surface area contributed by atoms with Gasteiger partial charge in [0, 0.05) is 22.5 Å². The molecule has 0 saturated heterocycles. The monoisotopic (exact) mass is 548 g/mol. The Labute approximate surface area is 211 Å². The zero-order chi connectivity index (χ0) is 24.5. The van der Waals surface area contributed by atoms with Gasteiger partial charge in [0.25, 0.3) is 11.1 Å². The minimum atomic E-state index is -1.09. The Bertz CT molecular complexity index is 1720. The number of benzene rings is 2. The second kappa shape index (κ2) is 9.47. The van der Waals surface area contributed by atoms with E-state index in [2.05, 4.69) is 25.9 Å². The van der Waals surface area contributed by atoms with Crippen LogP contribution in [0.2, 0.25) is 0 Å². The van der Waals surface area contributed by atoms with Crippen molar-refractivity contribution in [3.05, 3.63) is 115 Å². The fourth-order valence-electron chi connectivity index (χ4n) is 3.69. The number of pyridine rings is 1. The number of aromatic carboxylic acids is 1. The first-order valence-corrected chi connectivity index (χ1v) is 12.3. The highest BCUT2D eigenvalue weighted by Crippen LogP contribution is 2.23. The maximum Gasteiger partial charge on any atom is 0.335 e.